The predicted octanol–water partition coefficient (Wildman–Crippen LogP) is 3.97. The summed E-state index contributed by atoms with van der Waals surface area (Å²) in [7, 11) is 1.71. The highest BCUT2D eigenvalue weighted by molar-refractivity contribution is 5.77. The lowest BCUT2D eigenvalue weighted by Crippen LogP contribution is -2.42. The van der Waals surface area contributed by atoms with Crippen LogP contribution >= 0.6 is 0 Å². The van der Waals surface area contributed by atoms with Gasteiger partial charge < -0.3 is 14.4 Å². The number of morpholine rings is 1. The fourth-order valence-corrected chi connectivity index (χ4v) is 5.96. The smallest absolute Gasteiger partial charge is 0.223 e. The highest BCUT2D eigenvalue weighted by Gasteiger charge is 2.45. The van der Waals surface area contributed by atoms with Crippen molar-refractivity contribution in [2.75, 3.05) is 46.5 Å². The zero-order valence-corrected chi connectivity index (χ0v) is 19.1. The van der Waals surface area contributed by atoms with Gasteiger partial charge in [0.2, 0.25) is 5.91 Å². The van der Waals surface area contributed by atoms with Crippen LogP contribution in [-0.4, -0.2) is 62.2 Å². The minimum atomic E-state index is 0.225. The van der Waals surface area contributed by atoms with Crippen LogP contribution in [0, 0.1) is 0 Å². The third kappa shape index (κ3) is 4.28. The number of carbonyl (C=O) groups is 1. The van der Waals surface area contributed by atoms with Crippen molar-refractivity contribution in [3.8, 4) is 5.75 Å². The number of rotatable bonds is 5. The van der Waals surface area contributed by atoms with Gasteiger partial charge in [-0.15, -0.1) is 0 Å². The van der Waals surface area contributed by atoms with Crippen molar-refractivity contribution in [3.05, 3.63) is 65.2 Å². The molecule has 170 valence electrons. The van der Waals surface area contributed by atoms with Crippen LogP contribution in [0.4, 0.5) is 0 Å². The van der Waals surface area contributed by atoms with E-state index in [1.807, 2.05) is 17.0 Å². The summed E-state index contributed by atoms with van der Waals surface area (Å²) in [6.07, 6.45) is 4.08. The van der Waals surface area contributed by atoms with Crippen molar-refractivity contribution in [1.29, 1.82) is 0 Å². The van der Waals surface area contributed by atoms with E-state index in [-0.39, 0.29) is 5.41 Å². The Bertz CT molecular complexity index is 928. The van der Waals surface area contributed by atoms with Gasteiger partial charge in [-0.05, 0) is 72.5 Å². The molecule has 5 rings (SSSR count). The number of nitrogens with zero attached hydrogens (tertiary/aromatic N) is 2. The maximum atomic E-state index is 13.0. The number of benzene rings is 2. The molecule has 32 heavy (non-hydrogen) atoms. The Balaban J connectivity index is 1.25. The summed E-state index contributed by atoms with van der Waals surface area (Å²) < 4.78 is 10.7. The molecule has 2 aromatic carbocycles. The first kappa shape index (κ1) is 21.5. The Hall–Kier alpha value is -2.37. The maximum Gasteiger partial charge on any atom is 0.223 e. The highest BCUT2D eigenvalue weighted by atomic mass is 16.5. The van der Waals surface area contributed by atoms with Crippen LogP contribution in [0.5, 0.6) is 5.75 Å². The number of methoxy groups -OCH3 is 1. The molecule has 2 heterocycles. The lowest BCUT2D eigenvalue weighted by molar-refractivity contribution is -0.135. The number of likely N-dealkylation sites (tertiary alicyclic amines) is 1. The molecule has 2 saturated heterocycles. The van der Waals surface area contributed by atoms with Gasteiger partial charge >= 0.3 is 0 Å². The molecule has 5 nitrogen and oxygen atoms in total. The summed E-state index contributed by atoms with van der Waals surface area (Å²) in [6, 6.07) is 17.3. The van der Waals surface area contributed by atoms with Crippen molar-refractivity contribution < 1.29 is 14.3 Å². The maximum absolute atomic E-state index is 13.0. The molecule has 1 aliphatic carbocycles. The summed E-state index contributed by atoms with van der Waals surface area (Å²) in [5.41, 5.74) is 4.48. The van der Waals surface area contributed by atoms with Crippen LogP contribution in [0.3, 0.4) is 0 Å². The molecule has 0 saturated carbocycles. The van der Waals surface area contributed by atoms with Crippen molar-refractivity contribution in [2.24, 2.45) is 0 Å². The van der Waals surface area contributed by atoms with Crippen molar-refractivity contribution in [1.82, 2.24) is 9.80 Å². The van der Waals surface area contributed by atoms with Gasteiger partial charge in [0.15, 0.2) is 0 Å². The first-order chi connectivity index (χ1) is 15.7. The first-order valence-corrected chi connectivity index (χ1v) is 12.0. The standard InChI is InChI=1S/C27H34N2O3/c1-31-23-8-6-21(7-9-23)20-28-12-10-27(11-13-28)19-22(24-4-2-3-5-25(24)27)18-26(30)29-14-16-32-17-15-29/h2-9,22H,10-20H2,1H3/t22-/m1/s1. The van der Waals surface area contributed by atoms with E-state index < -0.39 is 0 Å². The number of piperidine rings is 1. The summed E-state index contributed by atoms with van der Waals surface area (Å²) >= 11 is 0. The first-order valence-electron chi connectivity index (χ1n) is 12.0. The zero-order valence-electron chi connectivity index (χ0n) is 19.1. The highest BCUT2D eigenvalue weighted by Crippen LogP contribution is 2.52. The summed E-state index contributed by atoms with van der Waals surface area (Å²) in [5, 5.41) is 0. The molecule has 0 unspecified atom stereocenters. The SMILES string of the molecule is COc1ccc(CN2CCC3(CC2)C[C@@H](CC(=O)N2CCOCC2)c2ccccc23)cc1. The molecule has 2 fully saturated rings. The van der Waals surface area contributed by atoms with Crippen LogP contribution in [0.2, 0.25) is 0 Å². The zero-order chi connectivity index (χ0) is 22.0. The summed E-state index contributed by atoms with van der Waals surface area (Å²) in [4.78, 5) is 17.6. The van der Waals surface area contributed by atoms with Crippen molar-refractivity contribution in [3.63, 3.8) is 0 Å². The van der Waals surface area contributed by atoms with Gasteiger partial charge in [-0.2, -0.15) is 0 Å². The Labute approximate surface area is 191 Å². The second kappa shape index (κ2) is 9.24. The molecule has 0 N–H and O–H groups in total. The molecule has 5 heteroatoms. The Morgan fingerprint density at radius 3 is 2.47 bits per heavy atom. The third-order valence-corrected chi connectivity index (χ3v) is 7.77. The Morgan fingerprint density at radius 2 is 1.75 bits per heavy atom. The quantitative estimate of drug-likeness (QED) is 0.714. The van der Waals surface area contributed by atoms with Crippen molar-refractivity contribution in [2.45, 2.75) is 43.6 Å². The minimum Gasteiger partial charge on any atom is -0.497 e. The second-order valence-corrected chi connectivity index (χ2v) is 9.59. The van der Waals surface area contributed by atoms with E-state index in [1.165, 1.54) is 29.5 Å². The monoisotopic (exact) mass is 434 g/mol. The fourth-order valence-electron chi connectivity index (χ4n) is 5.96. The van der Waals surface area contributed by atoms with Crippen LogP contribution in [0.25, 0.3) is 0 Å². The van der Waals surface area contributed by atoms with E-state index in [2.05, 4.69) is 41.3 Å². The van der Waals surface area contributed by atoms with Gasteiger partial charge in [-0.25, -0.2) is 0 Å². The number of ether oxygens (including phenoxy) is 2. The van der Waals surface area contributed by atoms with Crippen LogP contribution in [0.1, 0.15) is 48.3 Å². The van der Waals surface area contributed by atoms with E-state index in [4.69, 9.17) is 9.47 Å². The minimum absolute atomic E-state index is 0.225. The van der Waals surface area contributed by atoms with E-state index in [1.54, 1.807) is 7.11 Å². The van der Waals surface area contributed by atoms with Gasteiger partial charge in [-0.1, -0.05) is 36.4 Å². The Morgan fingerprint density at radius 1 is 1.03 bits per heavy atom. The normalized spacial score (nSPS) is 22.7. The summed E-state index contributed by atoms with van der Waals surface area (Å²) in [6.45, 7) is 5.99. The van der Waals surface area contributed by atoms with E-state index in [9.17, 15) is 4.79 Å². The number of amides is 1. The van der Waals surface area contributed by atoms with Gasteiger partial charge in [0, 0.05) is 26.1 Å². The lowest BCUT2D eigenvalue weighted by Gasteiger charge is -2.40. The summed E-state index contributed by atoms with van der Waals surface area (Å²) in [5.74, 6) is 1.54. The molecule has 0 radical (unpaired) electrons. The van der Waals surface area contributed by atoms with Gasteiger partial charge in [0.25, 0.3) is 0 Å². The van der Waals surface area contributed by atoms with Crippen LogP contribution < -0.4 is 4.74 Å². The number of carbonyl (C=O) groups excluding carboxylic acids is 1. The molecule has 1 atom stereocenters. The largest absolute Gasteiger partial charge is 0.497 e. The Kier molecular flexibility index (Phi) is 6.20. The van der Waals surface area contributed by atoms with Crippen LogP contribution in [-0.2, 0) is 21.5 Å². The van der Waals surface area contributed by atoms with Crippen molar-refractivity contribution >= 4 is 5.91 Å². The molecule has 0 aromatic heterocycles. The molecule has 2 aromatic rings. The molecule has 3 aliphatic rings. The topological polar surface area (TPSA) is 42.0 Å². The predicted molar refractivity (Wildman–Crippen MR) is 125 cm³/mol. The van der Waals surface area contributed by atoms with E-state index in [0.29, 0.717) is 31.5 Å². The molecule has 2 aliphatic heterocycles. The van der Waals surface area contributed by atoms with Gasteiger partial charge in [0.1, 0.15) is 5.75 Å². The molecule has 1 spiro atoms. The third-order valence-electron chi connectivity index (χ3n) is 7.77. The van der Waals surface area contributed by atoms with E-state index in [0.717, 1.165) is 44.9 Å². The number of hydrogen-bond donors (Lipinski definition) is 0. The van der Waals surface area contributed by atoms with Gasteiger partial charge in [-0.3, -0.25) is 9.69 Å². The number of hydrogen-bond acceptors (Lipinski definition) is 4. The fraction of sp³-hybridized carbons (Fsp3) is 0.519. The van der Waals surface area contributed by atoms with Gasteiger partial charge in [0.05, 0.1) is 20.3 Å². The van der Waals surface area contributed by atoms with E-state index >= 15 is 0 Å². The average molecular weight is 435 g/mol. The molecular formula is C27H34N2O3. The molecular weight excluding hydrogens is 400 g/mol. The number of fused-ring (bicyclic) bond motifs is 2. The lowest BCUT2D eigenvalue weighted by atomic mass is 9.73. The molecule has 0 bridgehead atoms. The second-order valence-electron chi connectivity index (χ2n) is 9.59. The van der Waals surface area contributed by atoms with Crippen LogP contribution in [0.15, 0.2) is 48.5 Å². The molecule has 1 amide bonds. The average Bonchev–Trinajstić information content (AvgIpc) is 3.14.